The number of hydrogen-bond acceptors (Lipinski definition) is 14. The highest BCUT2D eigenvalue weighted by Gasteiger charge is 2.50. The van der Waals surface area contributed by atoms with Crippen LogP contribution < -0.4 is 5.32 Å². The Kier molecular flexibility index (Phi) is 19.1. The highest BCUT2D eigenvalue weighted by atomic mass is 31.2. The summed E-state index contributed by atoms with van der Waals surface area (Å²) >= 11 is 0. The van der Waals surface area contributed by atoms with Crippen LogP contribution in [0.15, 0.2) is 12.2 Å². The smallest absolute Gasteiger partial charge is 0.407 e. The lowest BCUT2D eigenvalue weighted by atomic mass is 9.63. The minimum absolute atomic E-state index is 0.00129. The van der Waals surface area contributed by atoms with E-state index in [4.69, 9.17) is 32.7 Å². The topological polar surface area (TPSA) is 199 Å². The van der Waals surface area contributed by atoms with Crippen molar-refractivity contribution >= 4 is 37.4 Å². The second kappa shape index (κ2) is 20.4. The number of aliphatic hydroxyl groups is 1. The van der Waals surface area contributed by atoms with Crippen LogP contribution in [0, 0.1) is 16.2 Å². The van der Waals surface area contributed by atoms with E-state index in [9.17, 15) is 33.6 Å². The van der Waals surface area contributed by atoms with Crippen molar-refractivity contribution in [3.63, 3.8) is 0 Å². The van der Waals surface area contributed by atoms with Crippen molar-refractivity contribution in [3.8, 4) is 0 Å². The fraction of sp³-hybridized carbons (Fsp3) is 0.767. The van der Waals surface area contributed by atoms with Crippen LogP contribution in [0.2, 0.25) is 0 Å². The third kappa shape index (κ3) is 14.7. The van der Waals surface area contributed by atoms with E-state index in [1.165, 1.54) is 28.1 Å². The number of esters is 3. The average Bonchev–Trinajstić information content (AvgIpc) is 3.00. The van der Waals surface area contributed by atoms with Crippen molar-refractivity contribution < 1.29 is 66.4 Å². The lowest BCUT2D eigenvalue weighted by Crippen LogP contribution is -2.46. The number of rotatable bonds is 24. The molecule has 0 aromatic carbocycles. The number of nitrogens with one attached hydrogen (secondary N) is 1. The van der Waals surface area contributed by atoms with Gasteiger partial charge in [-0.3, -0.25) is 18.9 Å². The summed E-state index contributed by atoms with van der Waals surface area (Å²) in [6.07, 6.45) is -0.759. The van der Waals surface area contributed by atoms with Gasteiger partial charge in [0, 0.05) is 19.8 Å². The molecule has 0 saturated carbocycles. The molecule has 0 aliphatic carbocycles. The summed E-state index contributed by atoms with van der Waals surface area (Å²) in [7, 11) is -0.832. The monoisotopic (exact) mass is 681 g/mol. The highest BCUT2D eigenvalue weighted by molar-refractivity contribution is 7.53. The first-order valence-corrected chi connectivity index (χ1v) is 16.6. The lowest BCUT2D eigenvalue weighted by molar-refractivity contribution is -0.167. The van der Waals surface area contributed by atoms with Crippen LogP contribution in [0.5, 0.6) is 0 Å². The molecule has 0 bridgehead atoms. The van der Waals surface area contributed by atoms with E-state index >= 15 is 0 Å². The van der Waals surface area contributed by atoms with E-state index in [0.717, 1.165) is 0 Å². The summed E-state index contributed by atoms with van der Waals surface area (Å²) < 4.78 is 48.4. The molecule has 0 rings (SSSR count). The van der Waals surface area contributed by atoms with Gasteiger partial charge in [0.2, 0.25) is 0 Å². The lowest BCUT2D eigenvalue weighted by Gasteiger charge is -2.41. The van der Waals surface area contributed by atoms with Gasteiger partial charge in [0.15, 0.2) is 0 Å². The number of hydrogen-bond donors (Lipinski definition) is 2. The minimum atomic E-state index is -3.34. The van der Waals surface area contributed by atoms with Gasteiger partial charge in [-0.15, -0.1) is 0 Å². The first kappa shape index (κ1) is 43.2. The van der Waals surface area contributed by atoms with Gasteiger partial charge >= 0.3 is 31.6 Å². The second-order valence-electron chi connectivity index (χ2n) is 11.7. The maximum Gasteiger partial charge on any atom is 0.407 e. The van der Waals surface area contributed by atoms with Crippen LogP contribution in [0.1, 0.15) is 60.8 Å². The molecule has 2 atom stereocenters. The Labute approximate surface area is 271 Å². The minimum Gasteiger partial charge on any atom is -0.463 e. The van der Waals surface area contributed by atoms with Crippen LogP contribution in [0.25, 0.3) is 0 Å². The third-order valence-electron chi connectivity index (χ3n) is 7.30. The number of carbonyl (C=O) groups excluding carboxylic acids is 5. The third-order valence-corrected chi connectivity index (χ3v) is 9.14. The molecule has 2 N–H and O–H groups in total. The molecular formula is C30H52NO14P. The molecule has 16 heteroatoms. The number of alkyl carbamates (subject to hydrolysis) is 1. The number of carbonyl (C=O) groups is 5. The Morgan fingerprint density at radius 1 is 0.826 bits per heavy atom. The molecule has 0 saturated heterocycles. The summed E-state index contributed by atoms with van der Waals surface area (Å²) in [6, 6.07) is 0. The summed E-state index contributed by atoms with van der Waals surface area (Å²) in [5.74, 6) is -2.27. The molecule has 0 aromatic heterocycles. The number of ether oxygens (including phenoxy) is 5. The largest absolute Gasteiger partial charge is 0.463 e. The predicted molar refractivity (Wildman–Crippen MR) is 166 cm³/mol. The molecule has 0 radical (unpaired) electrons. The van der Waals surface area contributed by atoms with E-state index in [2.05, 4.69) is 11.9 Å². The van der Waals surface area contributed by atoms with Gasteiger partial charge in [-0.1, -0.05) is 13.5 Å². The Bertz CT molecular complexity index is 1090. The molecule has 266 valence electrons. The fourth-order valence-corrected chi connectivity index (χ4v) is 5.57. The van der Waals surface area contributed by atoms with Crippen LogP contribution in [0.3, 0.4) is 0 Å². The quantitative estimate of drug-likeness (QED) is 0.0495. The van der Waals surface area contributed by atoms with Gasteiger partial charge in [0.1, 0.15) is 32.2 Å². The van der Waals surface area contributed by atoms with E-state index in [1.54, 1.807) is 27.7 Å². The first-order chi connectivity index (χ1) is 21.4. The Balaban J connectivity index is 5.51. The average molecular weight is 682 g/mol. The van der Waals surface area contributed by atoms with Crippen molar-refractivity contribution in [1.82, 2.24) is 5.32 Å². The number of amides is 1. The Morgan fingerprint density at radius 3 is 1.93 bits per heavy atom. The summed E-state index contributed by atoms with van der Waals surface area (Å²) in [4.78, 5) is 62.7. The molecule has 0 fully saturated rings. The maximum absolute atomic E-state index is 13.4. The SMILES string of the molecule is C=C(C)C(=O)OCCNC(=O)OCCOC(=O)C(C)(C)CC(C)(CC(CC)(COCCP(=O)(OC)OC)C(C)=O)C(=O)OCCO. The molecule has 0 heterocycles. The molecule has 0 spiro atoms. The van der Waals surface area contributed by atoms with Crippen molar-refractivity contribution in [2.24, 2.45) is 16.2 Å². The maximum atomic E-state index is 13.4. The first-order valence-electron chi connectivity index (χ1n) is 14.9. The standard InChI is InChI=1S/C30H52NO14P/c1-10-30(23(4)33,21-41-17-18-46(38,39-8)40-9)20-29(7,26(36)43-14-12-32)19-28(5,6)25(35)44-15-16-45-27(37)31-11-13-42-24(34)22(2)3/h32H,2,10-21H2,1,3-9H3,(H,31,37). The van der Waals surface area contributed by atoms with Gasteiger partial charge in [-0.2, -0.15) is 0 Å². The van der Waals surface area contributed by atoms with Gasteiger partial charge < -0.3 is 43.2 Å². The van der Waals surface area contributed by atoms with Crippen molar-refractivity contribution in [2.45, 2.75) is 60.8 Å². The van der Waals surface area contributed by atoms with E-state index in [0.29, 0.717) is 0 Å². The van der Waals surface area contributed by atoms with Crippen molar-refractivity contribution in [1.29, 1.82) is 0 Å². The predicted octanol–water partition coefficient (Wildman–Crippen LogP) is 3.21. The van der Waals surface area contributed by atoms with Gasteiger partial charge in [-0.25, -0.2) is 9.59 Å². The Morgan fingerprint density at radius 2 is 1.41 bits per heavy atom. The summed E-state index contributed by atoms with van der Waals surface area (Å²) in [5, 5.41) is 11.6. The molecule has 1 amide bonds. The second-order valence-corrected chi connectivity index (χ2v) is 14.1. The molecule has 15 nitrogen and oxygen atoms in total. The molecule has 0 aliphatic heterocycles. The van der Waals surface area contributed by atoms with E-state index in [1.807, 2.05) is 0 Å². The normalized spacial score (nSPS) is 14.3. The summed E-state index contributed by atoms with van der Waals surface area (Å²) in [5.41, 5.74) is -3.65. The molecule has 0 aliphatic rings. The van der Waals surface area contributed by atoms with Crippen LogP contribution in [-0.2, 0) is 56.5 Å². The molecule has 46 heavy (non-hydrogen) atoms. The fourth-order valence-electron chi connectivity index (χ4n) is 4.70. The van der Waals surface area contributed by atoms with Crippen LogP contribution in [-0.4, -0.2) is 108 Å². The number of aliphatic hydroxyl groups excluding tert-OH is 1. The van der Waals surface area contributed by atoms with Crippen molar-refractivity contribution in [3.05, 3.63) is 12.2 Å². The van der Waals surface area contributed by atoms with Crippen LogP contribution in [0.4, 0.5) is 4.79 Å². The number of ketones is 1. The zero-order chi connectivity index (χ0) is 35.6. The zero-order valence-electron chi connectivity index (χ0n) is 28.4. The van der Waals surface area contributed by atoms with E-state index < -0.39 is 54.4 Å². The number of Topliss-reactive ketones (excluding diaryl/α,β-unsaturated/α-hetero) is 1. The van der Waals surface area contributed by atoms with Gasteiger partial charge in [0.25, 0.3) is 0 Å². The summed E-state index contributed by atoms with van der Waals surface area (Å²) in [6.45, 7) is 11.3. The molecule has 2 unspecified atom stereocenters. The van der Waals surface area contributed by atoms with Gasteiger partial charge in [0.05, 0.1) is 48.8 Å². The molecular weight excluding hydrogens is 629 g/mol. The van der Waals surface area contributed by atoms with Crippen LogP contribution >= 0.6 is 7.60 Å². The van der Waals surface area contributed by atoms with Crippen molar-refractivity contribution in [2.75, 3.05) is 73.2 Å². The Hall–Kier alpha value is -2.84. The zero-order valence-corrected chi connectivity index (χ0v) is 29.3. The molecule has 0 aromatic rings. The highest BCUT2D eigenvalue weighted by Crippen LogP contribution is 2.47. The van der Waals surface area contributed by atoms with Gasteiger partial charge in [-0.05, 0) is 53.9 Å². The van der Waals surface area contributed by atoms with E-state index in [-0.39, 0.29) is 83.0 Å².